The second-order valence-corrected chi connectivity index (χ2v) is 6.32. The average molecular weight is 419 g/mol. The number of pyridine rings is 1. The van der Waals surface area contributed by atoms with Crippen LogP contribution in [0.1, 0.15) is 15.9 Å². The van der Waals surface area contributed by atoms with Crippen LogP contribution in [0.2, 0.25) is 0 Å². The highest BCUT2D eigenvalue weighted by Gasteiger charge is 2.06. The van der Waals surface area contributed by atoms with E-state index < -0.39 is 5.91 Å². The number of nitrogens with one attached hydrogen (secondary N) is 1. The molecule has 0 unspecified atom stereocenters. The van der Waals surface area contributed by atoms with Crippen molar-refractivity contribution < 1.29 is 23.8 Å². The highest BCUT2D eigenvalue weighted by Crippen LogP contribution is 2.28. The van der Waals surface area contributed by atoms with Crippen molar-refractivity contribution in [2.75, 3.05) is 19.5 Å². The highest BCUT2D eigenvalue weighted by molar-refractivity contribution is 6.01. The smallest absolute Gasteiger partial charge is 0.248 e. The number of anilines is 1. The van der Waals surface area contributed by atoms with Gasteiger partial charge in [0, 0.05) is 17.7 Å². The van der Waals surface area contributed by atoms with Crippen LogP contribution in [-0.2, 0) is 4.79 Å². The standard InChI is InChI=1S/C23H21N3O5/c1-29-19-9-6-15(12-20(19)30-2)7-10-21(27)26-17-8-11-22(25-14-17)31-18-5-3-4-16(13-18)23(24)28/h3-14H,1-2H3,(H2,24,28)(H,26,27)/b10-7+. The largest absolute Gasteiger partial charge is 0.493 e. The molecule has 0 saturated carbocycles. The van der Waals surface area contributed by atoms with Crippen LogP contribution in [0.15, 0.2) is 66.9 Å². The highest BCUT2D eigenvalue weighted by atomic mass is 16.5. The monoisotopic (exact) mass is 419 g/mol. The third-order valence-corrected chi connectivity index (χ3v) is 4.18. The van der Waals surface area contributed by atoms with Gasteiger partial charge < -0.3 is 25.3 Å². The minimum absolute atomic E-state index is 0.306. The molecule has 0 saturated heterocycles. The van der Waals surface area contributed by atoms with E-state index in [-0.39, 0.29) is 5.91 Å². The van der Waals surface area contributed by atoms with E-state index in [4.69, 9.17) is 19.9 Å². The van der Waals surface area contributed by atoms with Gasteiger partial charge in [-0.05, 0) is 48.0 Å². The molecule has 0 radical (unpaired) electrons. The van der Waals surface area contributed by atoms with Gasteiger partial charge in [-0.3, -0.25) is 9.59 Å². The number of amides is 2. The first-order valence-corrected chi connectivity index (χ1v) is 9.23. The Morgan fingerprint density at radius 1 is 1.00 bits per heavy atom. The molecule has 0 aliphatic heterocycles. The second kappa shape index (κ2) is 9.93. The van der Waals surface area contributed by atoms with Gasteiger partial charge in [-0.15, -0.1) is 0 Å². The van der Waals surface area contributed by atoms with Crippen LogP contribution in [0.5, 0.6) is 23.1 Å². The zero-order chi connectivity index (χ0) is 22.2. The SMILES string of the molecule is COc1ccc(/C=C/C(=O)Nc2ccc(Oc3cccc(C(N)=O)c3)nc2)cc1OC. The van der Waals surface area contributed by atoms with Gasteiger partial charge >= 0.3 is 0 Å². The molecule has 8 heteroatoms. The van der Waals surface area contributed by atoms with Gasteiger partial charge in [-0.25, -0.2) is 4.98 Å². The Morgan fingerprint density at radius 2 is 1.81 bits per heavy atom. The van der Waals surface area contributed by atoms with Gasteiger partial charge in [-0.1, -0.05) is 12.1 Å². The second-order valence-electron chi connectivity index (χ2n) is 6.32. The number of ether oxygens (including phenoxy) is 3. The van der Waals surface area contributed by atoms with Gasteiger partial charge in [-0.2, -0.15) is 0 Å². The van der Waals surface area contributed by atoms with E-state index in [0.717, 1.165) is 5.56 Å². The number of hydrogen-bond donors (Lipinski definition) is 2. The molecule has 0 atom stereocenters. The number of methoxy groups -OCH3 is 2. The number of aromatic nitrogens is 1. The fourth-order valence-electron chi connectivity index (χ4n) is 2.66. The molecular formula is C23H21N3O5. The third kappa shape index (κ3) is 5.83. The number of rotatable bonds is 8. The number of primary amides is 1. The van der Waals surface area contributed by atoms with E-state index >= 15 is 0 Å². The summed E-state index contributed by atoms with van der Waals surface area (Å²) in [4.78, 5) is 27.6. The molecule has 0 spiro atoms. The first kappa shape index (κ1) is 21.4. The summed E-state index contributed by atoms with van der Waals surface area (Å²) >= 11 is 0. The van der Waals surface area contributed by atoms with Gasteiger partial charge in [0.15, 0.2) is 11.5 Å². The molecular weight excluding hydrogens is 398 g/mol. The molecule has 3 N–H and O–H groups in total. The fraction of sp³-hybridized carbons (Fsp3) is 0.0870. The zero-order valence-corrected chi connectivity index (χ0v) is 17.0. The van der Waals surface area contributed by atoms with Crippen molar-refractivity contribution in [2.24, 2.45) is 5.73 Å². The van der Waals surface area contributed by atoms with E-state index in [1.165, 1.54) is 18.3 Å². The molecule has 3 rings (SSSR count). The van der Waals surface area contributed by atoms with Crippen LogP contribution in [0.25, 0.3) is 6.08 Å². The van der Waals surface area contributed by atoms with Crippen molar-refractivity contribution in [3.05, 3.63) is 78.0 Å². The van der Waals surface area contributed by atoms with E-state index in [9.17, 15) is 9.59 Å². The van der Waals surface area contributed by atoms with Gasteiger partial charge in [0.05, 0.1) is 26.1 Å². The third-order valence-electron chi connectivity index (χ3n) is 4.18. The summed E-state index contributed by atoms with van der Waals surface area (Å²) in [6.07, 6.45) is 4.53. The van der Waals surface area contributed by atoms with Crippen LogP contribution < -0.4 is 25.3 Å². The Kier molecular flexibility index (Phi) is 6.85. The molecule has 0 aliphatic rings. The van der Waals surface area contributed by atoms with E-state index in [1.807, 2.05) is 6.07 Å². The average Bonchev–Trinajstić information content (AvgIpc) is 2.79. The summed E-state index contributed by atoms with van der Waals surface area (Å²) in [5.74, 6) is 1.06. The maximum atomic E-state index is 12.2. The van der Waals surface area contributed by atoms with E-state index in [0.29, 0.717) is 34.4 Å². The Labute approximate surface area is 179 Å². The van der Waals surface area contributed by atoms with Gasteiger partial charge in [0.1, 0.15) is 5.75 Å². The lowest BCUT2D eigenvalue weighted by atomic mass is 10.2. The quantitative estimate of drug-likeness (QED) is 0.539. The molecule has 0 bridgehead atoms. The molecule has 31 heavy (non-hydrogen) atoms. The molecule has 3 aromatic rings. The van der Waals surface area contributed by atoms with Gasteiger partial charge in [0.25, 0.3) is 0 Å². The minimum Gasteiger partial charge on any atom is -0.493 e. The Bertz CT molecular complexity index is 1110. The van der Waals surface area contributed by atoms with Crippen molar-refractivity contribution in [1.82, 2.24) is 4.98 Å². The molecule has 1 heterocycles. The van der Waals surface area contributed by atoms with Crippen molar-refractivity contribution in [3.63, 3.8) is 0 Å². The molecule has 0 aliphatic carbocycles. The lowest BCUT2D eigenvalue weighted by Crippen LogP contribution is -2.10. The van der Waals surface area contributed by atoms with Crippen molar-refractivity contribution >= 4 is 23.6 Å². The van der Waals surface area contributed by atoms with Crippen molar-refractivity contribution in [1.29, 1.82) is 0 Å². The summed E-state index contributed by atoms with van der Waals surface area (Å²) in [5, 5.41) is 2.72. The van der Waals surface area contributed by atoms with Gasteiger partial charge in [0.2, 0.25) is 17.7 Å². The molecule has 0 fully saturated rings. The molecule has 1 aromatic heterocycles. The van der Waals surface area contributed by atoms with Crippen LogP contribution in [0, 0.1) is 0 Å². The maximum Gasteiger partial charge on any atom is 0.248 e. The number of carbonyl (C=O) groups excluding carboxylic acids is 2. The Balaban J connectivity index is 1.60. The topological polar surface area (TPSA) is 113 Å². The van der Waals surface area contributed by atoms with Crippen molar-refractivity contribution in [2.45, 2.75) is 0 Å². The summed E-state index contributed by atoms with van der Waals surface area (Å²) < 4.78 is 16.0. The fourth-order valence-corrected chi connectivity index (χ4v) is 2.66. The summed E-state index contributed by atoms with van der Waals surface area (Å²) in [6.45, 7) is 0. The zero-order valence-electron chi connectivity index (χ0n) is 17.0. The predicted molar refractivity (Wildman–Crippen MR) is 116 cm³/mol. The molecule has 2 amide bonds. The summed E-state index contributed by atoms with van der Waals surface area (Å²) in [7, 11) is 3.11. The first-order chi connectivity index (χ1) is 15.0. The van der Waals surface area contributed by atoms with Crippen LogP contribution >= 0.6 is 0 Å². The molecule has 8 nitrogen and oxygen atoms in total. The Hall–Kier alpha value is -4.33. The lowest BCUT2D eigenvalue weighted by Gasteiger charge is -2.08. The Morgan fingerprint density at radius 3 is 2.48 bits per heavy atom. The number of nitrogens with two attached hydrogens (primary N) is 1. The van der Waals surface area contributed by atoms with E-state index in [2.05, 4.69) is 10.3 Å². The lowest BCUT2D eigenvalue weighted by molar-refractivity contribution is -0.111. The number of nitrogens with zero attached hydrogens (tertiary/aromatic N) is 1. The van der Waals surface area contributed by atoms with E-state index in [1.54, 1.807) is 62.8 Å². The van der Waals surface area contributed by atoms with Crippen LogP contribution in [0.4, 0.5) is 5.69 Å². The molecule has 2 aromatic carbocycles. The minimum atomic E-state index is -0.544. The number of benzene rings is 2. The molecule has 158 valence electrons. The van der Waals surface area contributed by atoms with Crippen LogP contribution in [-0.4, -0.2) is 31.0 Å². The predicted octanol–water partition coefficient (Wildman–Crippen LogP) is 3.64. The summed E-state index contributed by atoms with van der Waals surface area (Å²) in [6, 6.07) is 15.1. The first-order valence-electron chi connectivity index (χ1n) is 9.23. The number of hydrogen-bond acceptors (Lipinski definition) is 6. The van der Waals surface area contributed by atoms with Crippen molar-refractivity contribution in [3.8, 4) is 23.1 Å². The number of carbonyl (C=O) groups is 2. The van der Waals surface area contributed by atoms with Crippen LogP contribution in [0.3, 0.4) is 0 Å². The normalized spacial score (nSPS) is 10.5. The maximum absolute atomic E-state index is 12.2. The summed E-state index contributed by atoms with van der Waals surface area (Å²) in [5.41, 5.74) is 6.88.